The lowest BCUT2D eigenvalue weighted by molar-refractivity contribution is 0.145. The van der Waals surface area contributed by atoms with E-state index >= 15 is 0 Å². The van der Waals surface area contributed by atoms with Gasteiger partial charge in [0.2, 0.25) is 0 Å². The molecule has 1 heterocycles. The van der Waals surface area contributed by atoms with E-state index in [9.17, 15) is 13.2 Å². The van der Waals surface area contributed by atoms with Gasteiger partial charge in [-0.2, -0.15) is 5.26 Å². The van der Waals surface area contributed by atoms with Gasteiger partial charge in [-0.05, 0) is 6.92 Å². The normalized spacial score (nSPS) is 10.2. The third kappa shape index (κ3) is 1.61. The molecule has 1 aromatic rings. The third-order valence-electron chi connectivity index (χ3n) is 1.61. The van der Waals surface area contributed by atoms with Crippen molar-refractivity contribution in [1.29, 1.82) is 5.26 Å². The number of alkyl halides is 2. The predicted molar refractivity (Wildman–Crippen MR) is 38.6 cm³/mol. The summed E-state index contributed by atoms with van der Waals surface area (Å²) >= 11 is 0. The van der Waals surface area contributed by atoms with Crippen LogP contribution in [0, 0.1) is 24.1 Å². The molecule has 0 aromatic carbocycles. The van der Waals surface area contributed by atoms with Crippen LogP contribution < -0.4 is 0 Å². The van der Waals surface area contributed by atoms with E-state index in [2.05, 4.69) is 4.98 Å². The van der Waals surface area contributed by atoms with Crippen LogP contribution in [0.25, 0.3) is 0 Å². The van der Waals surface area contributed by atoms with Crippen molar-refractivity contribution < 1.29 is 13.2 Å². The van der Waals surface area contributed by atoms with Crippen LogP contribution in [-0.2, 0) is 0 Å². The zero-order valence-corrected chi connectivity index (χ0v) is 6.68. The molecule has 0 amide bonds. The molecule has 0 aliphatic carbocycles. The topological polar surface area (TPSA) is 36.7 Å². The molecule has 0 atom stereocenters. The number of nitriles is 1. The molecule has 1 rings (SSSR count). The fourth-order valence-corrected chi connectivity index (χ4v) is 0.873. The number of aromatic nitrogens is 1. The summed E-state index contributed by atoms with van der Waals surface area (Å²) in [5, 5.41) is 8.41. The Bertz CT molecular complexity index is 368. The zero-order valence-electron chi connectivity index (χ0n) is 6.68. The lowest BCUT2D eigenvalue weighted by Crippen LogP contribution is -1.99. The van der Waals surface area contributed by atoms with Crippen LogP contribution in [0.5, 0.6) is 0 Å². The van der Waals surface area contributed by atoms with Gasteiger partial charge in [-0.1, -0.05) is 0 Å². The Kier molecular flexibility index (Phi) is 2.52. The van der Waals surface area contributed by atoms with Crippen molar-refractivity contribution in [3.8, 4) is 6.07 Å². The maximum absolute atomic E-state index is 13.0. The van der Waals surface area contributed by atoms with E-state index in [1.807, 2.05) is 0 Å². The molecule has 5 heteroatoms. The van der Waals surface area contributed by atoms with Crippen molar-refractivity contribution in [2.24, 2.45) is 0 Å². The van der Waals surface area contributed by atoms with Gasteiger partial charge in [0.05, 0.1) is 5.56 Å². The van der Waals surface area contributed by atoms with Gasteiger partial charge in [-0.15, -0.1) is 0 Å². The molecule has 2 nitrogen and oxygen atoms in total. The van der Waals surface area contributed by atoms with Gasteiger partial charge in [0.15, 0.2) is 0 Å². The molecule has 0 fully saturated rings. The van der Waals surface area contributed by atoms with Crippen molar-refractivity contribution in [3.63, 3.8) is 0 Å². The van der Waals surface area contributed by atoms with E-state index in [1.165, 1.54) is 6.92 Å². The van der Waals surface area contributed by atoms with Crippen molar-refractivity contribution in [1.82, 2.24) is 4.98 Å². The molecule has 13 heavy (non-hydrogen) atoms. The Morgan fingerprint density at radius 2 is 2.15 bits per heavy atom. The summed E-state index contributed by atoms with van der Waals surface area (Å²) in [6.45, 7) is 1.24. The molecular formula is C8H5F3N2. The molecule has 1 aromatic heterocycles. The second-order valence-corrected chi connectivity index (χ2v) is 2.41. The van der Waals surface area contributed by atoms with Crippen molar-refractivity contribution in [2.75, 3.05) is 0 Å². The van der Waals surface area contributed by atoms with Gasteiger partial charge in [-0.3, -0.25) is 0 Å². The summed E-state index contributed by atoms with van der Waals surface area (Å²) < 4.78 is 37.2. The van der Waals surface area contributed by atoms with E-state index in [4.69, 9.17) is 5.26 Å². The Balaban J connectivity index is 3.33. The molecule has 0 unspecified atom stereocenters. The molecule has 0 radical (unpaired) electrons. The molecular weight excluding hydrogens is 181 g/mol. The summed E-state index contributed by atoms with van der Waals surface area (Å²) in [7, 11) is 0. The first-order valence-electron chi connectivity index (χ1n) is 3.41. The number of rotatable bonds is 1. The minimum Gasteiger partial charge on any atom is -0.245 e. The highest BCUT2D eigenvalue weighted by Crippen LogP contribution is 2.23. The van der Waals surface area contributed by atoms with Crippen LogP contribution >= 0.6 is 0 Å². The van der Waals surface area contributed by atoms with E-state index < -0.39 is 17.8 Å². The van der Waals surface area contributed by atoms with E-state index in [-0.39, 0.29) is 11.3 Å². The smallest absolute Gasteiger partial charge is 0.245 e. The van der Waals surface area contributed by atoms with Crippen LogP contribution in [0.3, 0.4) is 0 Å². The Morgan fingerprint density at radius 3 is 2.62 bits per heavy atom. The van der Waals surface area contributed by atoms with E-state index in [0.29, 0.717) is 6.20 Å². The van der Waals surface area contributed by atoms with Gasteiger partial charge >= 0.3 is 0 Å². The maximum atomic E-state index is 13.0. The van der Waals surface area contributed by atoms with Crippen LogP contribution in [-0.4, -0.2) is 4.98 Å². The second kappa shape index (κ2) is 3.44. The molecule has 0 aliphatic rings. The molecule has 0 spiro atoms. The molecule has 0 aliphatic heterocycles. The Morgan fingerprint density at radius 1 is 1.54 bits per heavy atom. The summed E-state index contributed by atoms with van der Waals surface area (Å²) in [6.07, 6.45) is -2.22. The summed E-state index contributed by atoms with van der Waals surface area (Å²) in [5.74, 6) is -1.05. The fraction of sp³-hybridized carbons (Fsp3) is 0.250. The highest BCUT2D eigenvalue weighted by molar-refractivity contribution is 5.34. The number of hydrogen-bond donors (Lipinski definition) is 0. The van der Waals surface area contributed by atoms with Crippen LogP contribution in [0.4, 0.5) is 13.2 Å². The fourth-order valence-electron chi connectivity index (χ4n) is 0.873. The van der Waals surface area contributed by atoms with Crippen molar-refractivity contribution >= 4 is 0 Å². The van der Waals surface area contributed by atoms with Gasteiger partial charge in [-0.25, -0.2) is 18.2 Å². The lowest BCUT2D eigenvalue weighted by atomic mass is 10.1. The van der Waals surface area contributed by atoms with Crippen LogP contribution in [0.1, 0.15) is 23.2 Å². The van der Waals surface area contributed by atoms with E-state index in [0.717, 1.165) is 0 Å². The highest BCUT2D eigenvalue weighted by atomic mass is 19.3. The number of halogens is 3. The first-order chi connectivity index (χ1) is 6.07. The standard InChI is InChI=1S/C8H5F3N2/c1-4-6(2-12)13-3-5(7(4)9)8(10)11/h3,8H,1H3. The lowest BCUT2D eigenvalue weighted by Gasteiger charge is -2.04. The molecule has 0 saturated carbocycles. The molecule has 68 valence electrons. The average molecular weight is 186 g/mol. The summed E-state index contributed by atoms with van der Waals surface area (Å²) in [5.41, 5.74) is -1.07. The number of pyridine rings is 1. The van der Waals surface area contributed by atoms with Crippen molar-refractivity contribution in [2.45, 2.75) is 13.3 Å². The predicted octanol–water partition coefficient (Wildman–Crippen LogP) is 2.34. The summed E-state index contributed by atoms with van der Waals surface area (Å²) in [4.78, 5) is 3.40. The molecule has 0 bridgehead atoms. The third-order valence-corrected chi connectivity index (χ3v) is 1.61. The van der Waals surface area contributed by atoms with Crippen molar-refractivity contribution in [3.05, 3.63) is 28.8 Å². The quantitative estimate of drug-likeness (QED) is 0.674. The first kappa shape index (κ1) is 9.52. The minimum absolute atomic E-state index is 0.139. The largest absolute Gasteiger partial charge is 0.268 e. The van der Waals surface area contributed by atoms with Gasteiger partial charge in [0, 0.05) is 11.8 Å². The number of hydrogen-bond acceptors (Lipinski definition) is 2. The van der Waals surface area contributed by atoms with Gasteiger partial charge < -0.3 is 0 Å². The second-order valence-electron chi connectivity index (χ2n) is 2.41. The Labute approximate surface area is 72.6 Å². The van der Waals surface area contributed by atoms with E-state index in [1.54, 1.807) is 6.07 Å². The monoisotopic (exact) mass is 186 g/mol. The Hall–Kier alpha value is -1.57. The van der Waals surface area contributed by atoms with Crippen LogP contribution in [0.2, 0.25) is 0 Å². The SMILES string of the molecule is Cc1c(C#N)ncc(C(F)F)c1F. The van der Waals surface area contributed by atoms with Crippen LogP contribution in [0.15, 0.2) is 6.20 Å². The summed E-state index contributed by atoms with van der Waals surface area (Å²) in [6, 6.07) is 1.61. The average Bonchev–Trinajstić information content (AvgIpc) is 2.09. The van der Waals surface area contributed by atoms with Gasteiger partial charge in [0.25, 0.3) is 6.43 Å². The minimum atomic E-state index is -2.90. The molecule has 0 saturated heterocycles. The number of nitrogens with zero attached hydrogens (tertiary/aromatic N) is 2. The zero-order chi connectivity index (χ0) is 10.0. The first-order valence-corrected chi connectivity index (χ1v) is 3.41. The highest BCUT2D eigenvalue weighted by Gasteiger charge is 2.17. The van der Waals surface area contributed by atoms with Gasteiger partial charge in [0.1, 0.15) is 17.6 Å². The maximum Gasteiger partial charge on any atom is 0.268 e. The molecule has 0 N–H and O–H groups in total.